The molecule has 1 heterocycles. The summed E-state index contributed by atoms with van der Waals surface area (Å²) in [5, 5.41) is 11.6. The van der Waals surface area contributed by atoms with E-state index in [0.29, 0.717) is 30.3 Å². The van der Waals surface area contributed by atoms with Crippen molar-refractivity contribution in [2.24, 2.45) is 0 Å². The number of carbonyl (C=O) groups excluding carboxylic acids is 1. The molecule has 0 aliphatic heterocycles. The quantitative estimate of drug-likeness (QED) is 0.419. The third-order valence-electron chi connectivity index (χ3n) is 4.43. The van der Waals surface area contributed by atoms with Gasteiger partial charge < -0.3 is 24.6 Å². The van der Waals surface area contributed by atoms with Gasteiger partial charge in [0.05, 0.1) is 17.7 Å². The fourth-order valence-electron chi connectivity index (χ4n) is 2.83. The minimum atomic E-state index is -1.12. The number of nitrogens with one attached hydrogen (secondary N) is 1. The van der Waals surface area contributed by atoms with Crippen LogP contribution in [0.1, 0.15) is 33.2 Å². The van der Waals surface area contributed by atoms with E-state index in [1.807, 2.05) is 6.92 Å². The van der Waals surface area contributed by atoms with Crippen LogP contribution in [-0.2, 0) is 11.3 Å². The topological polar surface area (TPSA) is 107 Å². The molecule has 3 aromatic rings. The Labute approximate surface area is 189 Å². The maximum atomic E-state index is 13.4. The molecule has 0 saturated heterocycles. The summed E-state index contributed by atoms with van der Waals surface area (Å²) in [6, 6.07) is 13.5. The molecular weight excluding hydrogens is 431 g/mol. The molecular formula is C24H23FN2O6. The lowest BCUT2D eigenvalue weighted by molar-refractivity contribution is 0.0696. The zero-order valence-corrected chi connectivity index (χ0v) is 17.9. The SMILES string of the molecule is CCOCCOc1ccc(OCc2cccc(F)c2)cc1C(=O)Nc1ccc(C(=O)O)cn1. The minimum absolute atomic E-state index is 0.000640. The number of hydrogen-bond donors (Lipinski definition) is 2. The van der Waals surface area contributed by atoms with Crippen molar-refractivity contribution in [2.75, 3.05) is 25.1 Å². The molecule has 0 aliphatic carbocycles. The number of hydrogen-bond acceptors (Lipinski definition) is 6. The van der Waals surface area contributed by atoms with Gasteiger partial charge >= 0.3 is 5.97 Å². The highest BCUT2D eigenvalue weighted by molar-refractivity contribution is 6.06. The van der Waals surface area contributed by atoms with Gasteiger partial charge in [0, 0.05) is 12.8 Å². The average Bonchev–Trinajstić information content (AvgIpc) is 2.81. The van der Waals surface area contributed by atoms with Gasteiger partial charge in [0.1, 0.15) is 36.3 Å². The molecule has 9 heteroatoms. The van der Waals surface area contributed by atoms with Crippen LogP contribution in [-0.4, -0.2) is 41.8 Å². The highest BCUT2D eigenvalue weighted by atomic mass is 19.1. The first kappa shape index (κ1) is 23.7. The Morgan fingerprint density at radius 1 is 1.06 bits per heavy atom. The molecule has 0 radical (unpaired) electrons. The molecule has 33 heavy (non-hydrogen) atoms. The monoisotopic (exact) mass is 454 g/mol. The number of nitrogens with zero attached hydrogens (tertiary/aromatic N) is 1. The lowest BCUT2D eigenvalue weighted by Crippen LogP contribution is -2.16. The Balaban J connectivity index is 1.77. The van der Waals surface area contributed by atoms with Crippen LogP contribution in [0.15, 0.2) is 60.8 Å². The normalized spacial score (nSPS) is 10.5. The van der Waals surface area contributed by atoms with Gasteiger partial charge in [-0.05, 0) is 55.0 Å². The lowest BCUT2D eigenvalue weighted by Gasteiger charge is -2.14. The van der Waals surface area contributed by atoms with Crippen molar-refractivity contribution in [2.45, 2.75) is 13.5 Å². The number of carboxylic acid groups (broad SMARTS) is 1. The second-order valence-corrected chi connectivity index (χ2v) is 6.81. The number of carbonyl (C=O) groups is 2. The van der Waals surface area contributed by atoms with E-state index in [1.165, 1.54) is 30.3 Å². The standard InChI is InChI=1S/C24H23FN2O6/c1-2-31-10-11-32-21-8-7-19(33-15-16-4-3-5-18(25)12-16)13-20(21)23(28)27-22-9-6-17(14-26-22)24(29)30/h3-9,12-14H,2,10-11,15H2,1H3,(H,29,30)(H,26,27,28). The van der Waals surface area contributed by atoms with E-state index in [2.05, 4.69) is 10.3 Å². The smallest absolute Gasteiger partial charge is 0.337 e. The first-order valence-electron chi connectivity index (χ1n) is 10.2. The van der Waals surface area contributed by atoms with E-state index in [9.17, 15) is 14.0 Å². The molecule has 8 nitrogen and oxygen atoms in total. The van der Waals surface area contributed by atoms with Crippen LogP contribution in [0.4, 0.5) is 10.2 Å². The zero-order chi connectivity index (χ0) is 23.6. The summed E-state index contributed by atoms with van der Waals surface area (Å²) in [4.78, 5) is 27.9. The van der Waals surface area contributed by atoms with Gasteiger partial charge in [-0.15, -0.1) is 0 Å². The van der Waals surface area contributed by atoms with Gasteiger partial charge in [0.2, 0.25) is 0 Å². The predicted octanol–water partition coefficient (Wildman–Crippen LogP) is 4.17. The highest BCUT2D eigenvalue weighted by Crippen LogP contribution is 2.26. The molecule has 1 amide bonds. The van der Waals surface area contributed by atoms with Crippen molar-refractivity contribution >= 4 is 17.7 Å². The number of halogens is 1. The molecule has 1 aromatic heterocycles. The Kier molecular flexibility index (Phi) is 8.31. The number of aromatic nitrogens is 1. The van der Waals surface area contributed by atoms with Crippen LogP contribution in [0.5, 0.6) is 11.5 Å². The summed E-state index contributed by atoms with van der Waals surface area (Å²) in [6.45, 7) is 3.12. The van der Waals surface area contributed by atoms with Crippen LogP contribution < -0.4 is 14.8 Å². The van der Waals surface area contributed by atoms with Gasteiger partial charge in [0.25, 0.3) is 5.91 Å². The fourth-order valence-corrected chi connectivity index (χ4v) is 2.83. The Hall–Kier alpha value is -3.98. The second-order valence-electron chi connectivity index (χ2n) is 6.81. The molecule has 0 fully saturated rings. The largest absolute Gasteiger partial charge is 0.490 e. The van der Waals surface area contributed by atoms with Crippen molar-refractivity contribution < 1.29 is 33.3 Å². The van der Waals surface area contributed by atoms with Crippen LogP contribution in [0.2, 0.25) is 0 Å². The van der Waals surface area contributed by atoms with Crippen LogP contribution >= 0.6 is 0 Å². The molecule has 0 unspecified atom stereocenters. The summed E-state index contributed by atoms with van der Waals surface area (Å²) in [6.07, 6.45) is 1.15. The maximum Gasteiger partial charge on any atom is 0.337 e. The van der Waals surface area contributed by atoms with Crippen molar-refractivity contribution in [3.63, 3.8) is 0 Å². The number of pyridine rings is 1. The van der Waals surface area contributed by atoms with Crippen molar-refractivity contribution in [3.8, 4) is 11.5 Å². The van der Waals surface area contributed by atoms with Gasteiger partial charge in [0.15, 0.2) is 0 Å². The number of aromatic carboxylic acids is 1. The number of amides is 1. The Morgan fingerprint density at radius 3 is 2.61 bits per heavy atom. The molecule has 0 atom stereocenters. The molecule has 0 spiro atoms. The molecule has 0 aliphatic rings. The molecule has 0 saturated carbocycles. The third-order valence-corrected chi connectivity index (χ3v) is 4.43. The molecule has 0 bridgehead atoms. The molecule has 3 rings (SSSR count). The third kappa shape index (κ3) is 7.01. The number of ether oxygens (including phenoxy) is 3. The minimum Gasteiger partial charge on any atom is -0.490 e. The van der Waals surface area contributed by atoms with Gasteiger partial charge in [-0.25, -0.2) is 14.2 Å². The van der Waals surface area contributed by atoms with Crippen molar-refractivity contribution in [3.05, 3.63) is 83.3 Å². The molecule has 2 aromatic carbocycles. The fraction of sp³-hybridized carbons (Fsp3) is 0.208. The van der Waals surface area contributed by atoms with E-state index in [-0.39, 0.29) is 36.0 Å². The van der Waals surface area contributed by atoms with Gasteiger partial charge in [-0.2, -0.15) is 0 Å². The summed E-state index contributed by atoms with van der Waals surface area (Å²) < 4.78 is 30.1. The zero-order valence-electron chi connectivity index (χ0n) is 17.9. The Morgan fingerprint density at radius 2 is 1.91 bits per heavy atom. The van der Waals surface area contributed by atoms with E-state index < -0.39 is 11.9 Å². The molecule has 2 N–H and O–H groups in total. The first-order chi connectivity index (χ1) is 16.0. The number of benzene rings is 2. The van der Waals surface area contributed by atoms with Crippen molar-refractivity contribution in [1.29, 1.82) is 0 Å². The van der Waals surface area contributed by atoms with E-state index >= 15 is 0 Å². The number of rotatable bonds is 11. The Bertz CT molecular complexity index is 1100. The van der Waals surface area contributed by atoms with Crippen molar-refractivity contribution in [1.82, 2.24) is 4.98 Å². The predicted molar refractivity (Wildman–Crippen MR) is 118 cm³/mol. The lowest BCUT2D eigenvalue weighted by atomic mass is 10.1. The number of carboxylic acids is 1. The van der Waals surface area contributed by atoms with E-state index in [1.54, 1.807) is 24.3 Å². The molecule has 172 valence electrons. The van der Waals surface area contributed by atoms with Crippen LogP contribution in [0, 0.1) is 5.82 Å². The summed E-state index contributed by atoms with van der Waals surface area (Å²) in [5.74, 6) is -1.13. The van der Waals surface area contributed by atoms with E-state index in [4.69, 9.17) is 19.3 Å². The van der Waals surface area contributed by atoms with Crippen LogP contribution in [0.25, 0.3) is 0 Å². The van der Waals surface area contributed by atoms with Crippen LogP contribution in [0.3, 0.4) is 0 Å². The highest BCUT2D eigenvalue weighted by Gasteiger charge is 2.16. The summed E-state index contributed by atoms with van der Waals surface area (Å²) in [7, 11) is 0. The number of anilines is 1. The second kappa shape index (κ2) is 11.6. The summed E-state index contributed by atoms with van der Waals surface area (Å²) >= 11 is 0. The van der Waals surface area contributed by atoms with Gasteiger partial charge in [-0.3, -0.25) is 4.79 Å². The summed E-state index contributed by atoms with van der Waals surface area (Å²) in [5.41, 5.74) is 0.828. The van der Waals surface area contributed by atoms with E-state index in [0.717, 1.165) is 6.20 Å². The first-order valence-corrected chi connectivity index (χ1v) is 10.2. The van der Waals surface area contributed by atoms with Gasteiger partial charge in [-0.1, -0.05) is 12.1 Å². The average molecular weight is 454 g/mol. The maximum absolute atomic E-state index is 13.4.